The number of rotatable bonds is 5. The third-order valence-electron chi connectivity index (χ3n) is 5.65. The summed E-state index contributed by atoms with van der Waals surface area (Å²) in [6.45, 7) is 3.05. The lowest BCUT2D eigenvalue weighted by Crippen LogP contribution is -2.55. The Morgan fingerprint density at radius 3 is 2.91 bits per heavy atom. The van der Waals surface area contributed by atoms with Gasteiger partial charge in [-0.15, -0.1) is 0 Å². The lowest BCUT2D eigenvalue weighted by molar-refractivity contribution is -0.134. The molecule has 3 heterocycles. The minimum absolute atomic E-state index is 0.0836. The Kier molecular flexibility index (Phi) is 6.34. The molecule has 1 atom stereocenters. The van der Waals surface area contributed by atoms with E-state index in [0.29, 0.717) is 42.1 Å². The SMILES string of the molecule is COc1cc(N2CCN(C(=O)Cn3nc(C(=N)NO)c4cccnc43)C(C)C2)c(F)cc1Cl. The van der Waals surface area contributed by atoms with Gasteiger partial charge in [0.15, 0.2) is 11.5 Å². The molecular formula is C21H23ClFN7O3. The molecule has 10 nitrogen and oxygen atoms in total. The van der Waals surface area contributed by atoms with Gasteiger partial charge in [0.1, 0.15) is 23.8 Å². The molecule has 1 unspecified atom stereocenters. The fourth-order valence-corrected chi connectivity index (χ4v) is 4.27. The fraction of sp³-hybridized carbons (Fsp3) is 0.333. The van der Waals surface area contributed by atoms with E-state index in [1.807, 2.05) is 11.8 Å². The summed E-state index contributed by atoms with van der Waals surface area (Å²) in [7, 11) is 1.47. The summed E-state index contributed by atoms with van der Waals surface area (Å²) in [5, 5.41) is 22.0. The molecule has 12 heteroatoms. The molecule has 4 rings (SSSR count). The van der Waals surface area contributed by atoms with Crippen LogP contribution < -0.4 is 15.1 Å². The number of nitrogens with one attached hydrogen (secondary N) is 2. The summed E-state index contributed by atoms with van der Waals surface area (Å²) in [6, 6.07) is 6.00. The van der Waals surface area contributed by atoms with E-state index >= 15 is 0 Å². The van der Waals surface area contributed by atoms with Gasteiger partial charge in [0.05, 0.1) is 23.2 Å². The Morgan fingerprint density at radius 1 is 1.42 bits per heavy atom. The number of carbonyl (C=O) groups is 1. The number of hydroxylamine groups is 1. The minimum atomic E-state index is -0.450. The molecule has 1 saturated heterocycles. The molecule has 0 aliphatic carbocycles. The highest BCUT2D eigenvalue weighted by molar-refractivity contribution is 6.32. The Morgan fingerprint density at radius 2 is 2.21 bits per heavy atom. The predicted molar refractivity (Wildman–Crippen MR) is 121 cm³/mol. The van der Waals surface area contributed by atoms with Gasteiger partial charge in [0.25, 0.3) is 0 Å². The molecule has 3 N–H and O–H groups in total. The molecule has 174 valence electrons. The molecule has 0 spiro atoms. The Hall–Kier alpha value is -3.44. The van der Waals surface area contributed by atoms with Crippen molar-refractivity contribution in [2.45, 2.75) is 19.5 Å². The number of anilines is 1. The van der Waals surface area contributed by atoms with Crippen LogP contribution in [0.4, 0.5) is 10.1 Å². The monoisotopic (exact) mass is 475 g/mol. The summed E-state index contributed by atoms with van der Waals surface area (Å²) < 4.78 is 21.2. The van der Waals surface area contributed by atoms with Gasteiger partial charge in [0.2, 0.25) is 5.91 Å². The number of pyridine rings is 1. The van der Waals surface area contributed by atoms with E-state index in [4.69, 9.17) is 27.0 Å². The van der Waals surface area contributed by atoms with Crippen molar-refractivity contribution in [2.75, 3.05) is 31.6 Å². The van der Waals surface area contributed by atoms with E-state index in [1.54, 1.807) is 34.8 Å². The molecule has 1 fully saturated rings. The van der Waals surface area contributed by atoms with Crippen LogP contribution in [0.15, 0.2) is 30.5 Å². The van der Waals surface area contributed by atoms with Gasteiger partial charge in [0, 0.05) is 37.9 Å². The van der Waals surface area contributed by atoms with E-state index in [2.05, 4.69) is 10.1 Å². The standard InChI is InChI=1S/C21H23ClFN7O3/c1-12-10-28(16-9-17(33-2)14(22)8-15(16)23)6-7-29(12)18(31)11-30-21-13(4-3-5-25-21)19(26-30)20(24)27-32/h3-5,8-9,12,32H,6-7,10-11H2,1-2H3,(H2,24,27). The van der Waals surface area contributed by atoms with Crippen LogP contribution in [0.3, 0.4) is 0 Å². The molecule has 1 aliphatic heterocycles. The average Bonchev–Trinajstić information content (AvgIpc) is 3.17. The van der Waals surface area contributed by atoms with E-state index < -0.39 is 5.82 Å². The maximum atomic E-state index is 14.5. The zero-order valence-electron chi connectivity index (χ0n) is 18.0. The van der Waals surface area contributed by atoms with Gasteiger partial charge >= 0.3 is 0 Å². The van der Waals surface area contributed by atoms with Gasteiger partial charge in [-0.3, -0.25) is 20.9 Å². The van der Waals surface area contributed by atoms with Crippen molar-refractivity contribution in [1.82, 2.24) is 25.1 Å². The molecule has 3 aromatic rings. The van der Waals surface area contributed by atoms with Crippen LogP contribution in [-0.2, 0) is 11.3 Å². The van der Waals surface area contributed by atoms with Crippen molar-refractivity contribution in [2.24, 2.45) is 0 Å². The molecule has 1 aromatic carbocycles. The van der Waals surface area contributed by atoms with Crippen LogP contribution in [0.1, 0.15) is 12.6 Å². The first kappa shape index (κ1) is 22.7. The number of aromatic nitrogens is 3. The third kappa shape index (κ3) is 4.29. The number of hydrogen-bond donors (Lipinski definition) is 3. The van der Waals surface area contributed by atoms with E-state index in [9.17, 15) is 9.18 Å². The van der Waals surface area contributed by atoms with Gasteiger partial charge in [-0.25, -0.2) is 14.1 Å². The van der Waals surface area contributed by atoms with Crippen molar-refractivity contribution in [3.8, 4) is 5.75 Å². The van der Waals surface area contributed by atoms with Gasteiger partial charge < -0.3 is 14.5 Å². The smallest absolute Gasteiger partial charge is 0.244 e. The minimum Gasteiger partial charge on any atom is -0.495 e. The van der Waals surface area contributed by atoms with Crippen LogP contribution in [0, 0.1) is 11.2 Å². The van der Waals surface area contributed by atoms with Crippen molar-refractivity contribution >= 4 is 40.1 Å². The van der Waals surface area contributed by atoms with Crippen LogP contribution in [0.2, 0.25) is 5.02 Å². The molecule has 0 bridgehead atoms. The number of halogens is 2. The van der Waals surface area contributed by atoms with Gasteiger partial charge in [-0.1, -0.05) is 11.6 Å². The van der Waals surface area contributed by atoms with Crippen molar-refractivity contribution in [1.29, 1.82) is 5.41 Å². The highest BCUT2D eigenvalue weighted by Crippen LogP contribution is 2.33. The molecule has 0 saturated carbocycles. The number of amides is 1. The normalized spacial score (nSPS) is 16.2. The van der Waals surface area contributed by atoms with Crippen LogP contribution >= 0.6 is 11.6 Å². The number of fused-ring (bicyclic) bond motifs is 1. The Bertz CT molecular complexity index is 1220. The maximum absolute atomic E-state index is 14.5. The number of nitrogens with zero attached hydrogens (tertiary/aromatic N) is 5. The zero-order valence-corrected chi connectivity index (χ0v) is 18.8. The molecule has 1 amide bonds. The van der Waals surface area contributed by atoms with Gasteiger partial charge in [-0.05, 0) is 25.1 Å². The second kappa shape index (κ2) is 9.20. The first-order chi connectivity index (χ1) is 15.8. The number of piperazine rings is 1. The topological polar surface area (TPSA) is 120 Å². The number of benzene rings is 1. The van der Waals surface area contributed by atoms with E-state index in [0.717, 1.165) is 0 Å². The largest absolute Gasteiger partial charge is 0.495 e. The summed E-state index contributed by atoms with van der Waals surface area (Å²) in [5.41, 5.74) is 2.78. The number of ether oxygens (including phenoxy) is 1. The number of carbonyl (C=O) groups excluding carboxylic acids is 1. The van der Waals surface area contributed by atoms with E-state index in [-0.39, 0.29) is 35.0 Å². The zero-order chi connectivity index (χ0) is 23.7. The second-order valence-corrected chi connectivity index (χ2v) is 8.10. The number of amidine groups is 1. The summed E-state index contributed by atoms with van der Waals surface area (Å²) in [6.07, 6.45) is 1.57. The van der Waals surface area contributed by atoms with Gasteiger partial charge in [-0.2, -0.15) is 5.10 Å². The van der Waals surface area contributed by atoms with Crippen LogP contribution in [0.25, 0.3) is 11.0 Å². The average molecular weight is 476 g/mol. The van der Waals surface area contributed by atoms with Crippen molar-refractivity contribution in [3.63, 3.8) is 0 Å². The number of hydrogen-bond acceptors (Lipinski definition) is 7. The third-order valence-corrected chi connectivity index (χ3v) is 5.95. The summed E-state index contributed by atoms with van der Waals surface area (Å²) in [4.78, 5) is 21.0. The lowest BCUT2D eigenvalue weighted by atomic mass is 10.1. The first-order valence-corrected chi connectivity index (χ1v) is 10.6. The second-order valence-electron chi connectivity index (χ2n) is 7.69. The van der Waals surface area contributed by atoms with Crippen LogP contribution in [0.5, 0.6) is 5.75 Å². The van der Waals surface area contributed by atoms with Crippen molar-refractivity contribution < 1.29 is 19.1 Å². The Labute approximate surface area is 194 Å². The molecule has 0 radical (unpaired) electrons. The number of methoxy groups -OCH3 is 1. The molecule has 2 aromatic heterocycles. The highest BCUT2D eigenvalue weighted by Gasteiger charge is 2.30. The molecule has 33 heavy (non-hydrogen) atoms. The summed E-state index contributed by atoms with van der Waals surface area (Å²) in [5.74, 6) is -0.534. The Balaban J connectivity index is 1.51. The highest BCUT2D eigenvalue weighted by atomic mass is 35.5. The molecule has 1 aliphatic rings. The predicted octanol–water partition coefficient (Wildman–Crippen LogP) is 2.27. The van der Waals surface area contributed by atoms with E-state index in [1.165, 1.54) is 17.9 Å². The first-order valence-electron chi connectivity index (χ1n) is 10.2. The quantitative estimate of drug-likeness (QED) is 0.294. The molecular weight excluding hydrogens is 453 g/mol. The summed E-state index contributed by atoms with van der Waals surface area (Å²) >= 11 is 6.00. The lowest BCUT2D eigenvalue weighted by Gasteiger charge is -2.41. The fourth-order valence-electron chi connectivity index (χ4n) is 4.04. The van der Waals surface area contributed by atoms with Crippen molar-refractivity contribution in [3.05, 3.63) is 47.0 Å². The van der Waals surface area contributed by atoms with Crippen LogP contribution in [-0.4, -0.2) is 69.4 Å². The maximum Gasteiger partial charge on any atom is 0.244 e.